The lowest BCUT2D eigenvalue weighted by Gasteiger charge is -2.36. The highest BCUT2D eigenvalue weighted by Gasteiger charge is 2.55. The van der Waals surface area contributed by atoms with Crippen LogP contribution in [0.4, 0.5) is 10.5 Å². The van der Waals surface area contributed by atoms with Crippen LogP contribution in [0.15, 0.2) is 24.3 Å². The fourth-order valence-corrected chi connectivity index (χ4v) is 4.21. The molecule has 3 rings (SSSR count). The highest BCUT2D eigenvalue weighted by molar-refractivity contribution is 6.09. The second-order valence-corrected chi connectivity index (χ2v) is 9.48. The number of urea groups is 1. The van der Waals surface area contributed by atoms with E-state index >= 15 is 0 Å². The van der Waals surface area contributed by atoms with E-state index in [1.165, 1.54) is 0 Å². The molecule has 31 heavy (non-hydrogen) atoms. The van der Waals surface area contributed by atoms with Crippen LogP contribution < -0.4 is 10.6 Å². The van der Waals surface area contributed by atoms with Crippen molar-refractivity contribution in [3.63, 3.8) is 0 Å². The fraction of sp³-hybridized carbons (Fsp3) is 0.565. The Bertz CT molecular complexity index is 874. The molecule has 1 aromatic carbocycles. The highest BCUT2D eigenvalue weighted by atomic mass is 16.5. The molecule has 1 heterocycles. The van der Waals surface area contributed by atoms with Crippen molar-refractivity contribution in [2.75, 3.05) is 18.5 Å². The van der Waals surface area contributed by atoms with Crippen molar-refractivity contribution in [2.45, 2.75) is 64.3 Å². The molecule has 1 aliphatic heterocycles. The Labute approximate surface area is 182 Å². The maximum absolute atomic E-state index is 12.9. The van der Waals surface area contributed by atoms with Gasteiger partial charge in [0.15, 0.2) is 6.61 Å². The number of hydrogen-bond acceptors (Lipinski definition) is 5. The number of carbonyl (C=O) groups is 4. The van der Waals surface area contributed by atoms with Crippen molar-refractivity contribution >= 4 is 29.5 Å². The molecule has 0 aromatic heterocycles. The lowest BCUT2D eigenvalue weighted by atomic mass is 9.73. The number of benzene rings is 1. The minimum atomic E-state index is -0.924. The van der Waals surface area contributed by atoms with Gasteiger partial charge in [-0.25, -0.2) is 4.79 Å². The Kier molecular flexibility index (Phi) is 6.38. The molecule has 0 unspecified atom stereocenters. The van der Waals surface area contributed by atoms with Crippen molar-refractivity contribution in [1.82, 2.24) is 10.2 Å². The van der Waals surface area contributed by atoms with Gasteiger partial charge < -0.3 is 15.4 Å². The molecule has 4 amide bonds. The van der Waals surface area contributed by atoms with Gasteiger partial charge in [-0.15, -0.1) is 0 Å². The summed E-state index contributed by atoms with van der Waals surface area (Å²) in [6, 6.07) is 6.86. The Morgan fingerprint density at radius 3 is 2.48 bits per heavy atom. The van der Waals surface area contributed by atoms with E-state index in [9.17, 15) is 19.2 Å². The van der Waals surface area contributed by atoms with Gasteiger partial charge in [0.05, 0.1) is 0 Å². The number of rotatable bonds is 5. The summed E-state index contributed by atoms with van der Waals surface area (Å²) in [4.78, 5) is 50.4. The standard InChI is InChI=1S/C23H31N3O5/c1-15-7-5-6-12-23(15)20(29)26(21(30)25-23)13-19(28)31-14-18(27)24-17-10-8-16(9-11-17)22(2,3)4/h8-11,15H,5-7,12-14H2,1-4H3,(H,24,27)(H,25,30)/t15-,23-/m0/s1. The third-order valence-corrected chi connectivity index (χ3v) is 6.19. The summed E-state index contributed by atoms with van der Waals surface area (Å²) in [6.45, 7) is 7.24. The van der Waals surface area contributed by atoms with E-state index in [-0.39, 0.29) is 17.2 Å². The largest absolute Gasteiger partial charge is 0.454 e. The predicted octanol–water partition coefficient (Wildman–Crippen LogP) is 2.97. The summed E-state index contributed by atoms with van der Waals surface area (Å²) >= 11 is 0. The first kappa shape index (κ1) is 22.8. The van der Waals surface area contributed by atoms with Crippen LogP contribution in [0.5, 0.6) is 0 Å². The van der Waals surface area contributed by atoms with Crippen molar-refractivity contribution in [3.05, 3.63) is 29.8 Å². The first-order valence-corrected chi connectivity index (χ1v) is 10.7. The number of anilines is 1. The second kappa shape index (κ2) is 8.69. The van der Waals surface area contributed by atoms with Crippen molar-refractivity contribution < 1.29 is 23.9 Å². The van der Waals surface area contributed by atoms with Crippen molar-refractivity contribution in [2.24, 2.45) is 5.92 Å². The normalized spacial score (nSPS) is 23.6. The smallest absolute Gasteiger partial charge is 0.326 e. The van der Waals surface area contributed by atoms with E-state index < -0.39 is 36.6 Å². The molecule has 0 bridgehead atoms. The van der Waals surface area contributed by atoms with Gasteiger partial charge in [0.25, 0.3) is 11.8 Å². The Balaban J connectivity index is 1.50. The van der Waals surface area contributed by atoms with Gasteiger partial charge in [-0.1, -0.05) is 52.7 Å². The van der Waals surface area contributed by atoms with E-state index in [1.807, 2.05) is 19.1 Å². The number of esters is 1. The molecule has 1 aromatic rings. The first-order valence-electron chi connectivity index (χ1n) is 10.7. The van der Waals surface area contributed by atoms with E-state index in [0.717, 1.165) is 29.7 Å². The van der Waals surface area contributed by atoms with E-state index in [1.54, 1.807) is 12.1 Å². The topological polar surface area (TPSA) is 105 Å². The molecule has 8 heteroatoms. The minimum absolute atomic E-state index is 0.00532. The molecule has 0 radical (unpaired) electrons. The van der Waals surface area contributed by atoms with Crippen LogP contribution in [-0.2, 0) is 24.5 Å². The molecule has 2 N–H and O–H groups in total. The maximum Gasteiger partial charge on any atom is 0.326 e. The summed E-state index contributed by atoms with van der Waals surface area (Å²) in [5.41, 5.74) is 0.810. The SMILES string of the molecule is C[C@H]1CCCC[C@]12NC(=O)N(CC(=O)OCC(=O)Nc1ccc(C(C)(C)C)cc1)C2=O. The van der Waals surface area contributed by atoms with Crippen LogP contribution >= 0.6 is 0 Å². The number of carbonyl (C=O) groups excluding carboxylic acids is 4. The third kappa shape index (κ3) is 4.89. The van der Waals surface area contributed by atoms with E-state index in [4.69, 9.17) is 4.74 Å². The number of imide groups is 1. The molecule has 1 aliphatic carbocycles. The van der Waals surface area contributed by atoms with Crippen LogP contribution in [0, 0.1) is 5.92 Å². The molecule has 2 atom stereocenters. The number of nitrogens with zero attached hydrogens (tertiary/aromatic N) is 1. The zero-order chi connectivity index (χ0) is 22.8. The van der Waals surface area contributed by atoms with Crippen molar-refractivity contribution in [1.29, 1.82) is 0 Å². The van der Waals surface area contributed by atoms with Crippen molar-refractivity contribution in [3.8, 4) is 0 Å². The van der Waals surface area contributed by atoms with Crippen LogP contribution in [-0.4, -0.2) is 47.4 Å². The number of hydrogen-bond donors (Lipinski definition) is 2. The summed E-state index contributed by atoms with van der Waals surface area (Å²) in [5, 5.41) is 5.45. The summed E-state index contributed by atoms with van der Waals surface area (Å²) in [7, 11) is 0. The summed E-state index contributed by atoms with van der Waals surface area (Å²) < 4.78 is 4.99. The zero-order valence-corrected chi connectivity index (χ0v) is 18.6. The van der Waals surface area contributed by atoms with Gasteiger partial charge in [-0.3, -0.25) is 19.3 Å². The summed E-state index contributed by atoms with van der Waals surface area (Å²) in [6.07, 6.45) is 3.29. The highest BCUT2D eigenvalue weighted by Crippen LogP contribution is 2.38. The van der Waals surface area contributed by atoms with Gasteiger partial charge in [-0.05, 0) is 41.9 Å². The Morgan fingerprint density at radius 1 is 1.19 bits per heavy atom. The maximum atomic E-state index is 12.9. The van der Waals surface area contributed by atoms with Gasteiger partial charge in [0.2, 0.25) is 0 Å². The second-order valence-electron chi connectivity index (χ2n) is 9.48. The quantitative estimate of drug-likeness (QED) is 0.553. The number of amides is 4. The van der Waals surface area contributed by atoms with Crippen LogP contribution in [0.1, 0.15) is 58.9 Å². The van der Waals surface area contributed by atoms with Gasteiger partial charge in [-0.2, -0.15) is 0 Å². The average molecular weight is 430 g/mol. The van der Waals surface area contributed by atoms with Crippen LogP contribution in [0.2, 0.25) is 0 Å². The summed E-state index contributed by atoms with van der Waals surface area (Å²) in [5.74, 6) is -1.67. The van der Waals surface area contributed by atoms with E-state index in [2.05, 4.69) is 31.4 Å². The molecular formula is C23H31N3O5. The molecule has 1 spiro atoms. The molecular weight excluding hydrogens is 398 g/mol. The average Bonchev–Trinajstić information content (AvgIpc) is 2.93. The first-order chi connectivity index (χ1) is 14.5. The monoisotopic (exact) mass is 429 g/mol. The fourth-order valence-electron chi connectivity index (χ4n) is 4.21. The molecule has 168 valence electrons. The van der Waals surface area contributed by atoms with Gasteiger partial charge >= 0.3 is 12.0 Å². The molecule has 2 fully saturated rings. The minimum Gasteiger partial charge on any atom is -0.454 e. The number of ether oxygens (including phenoxy) is 1. The number of nitrogens with one attached hydrogen (secondary N) is 2. The predicted molar refractivity (Wildman–Crippen MR) is 115 cm³/mol. The molecule has 1 saturated carbocycles. The van der Waals surface area contributed by atoms with E-state index in [0.29, 0.717) is 12.1 Å². The molecule has 1 saturated heterocycles. The Morgan fingerprint density at radius 2 is 1.87 bits per heavy atom. The van der Waals surface area contributed by atoms with Crippen LogP contribution in [0.25, 0.3) is 0 Å². The third-order valence-electron chi connectivity index (χ3n) is 6.19. The van der Waals surface area contributed by atoms with Crippen LogP contribution in [0.3, 0.4) is 0 Å². The molecule has 8 nitrogen and oxygen atoms in total. The van der Waals surface area contributed by atoms with Gasteiger partial charge in [0.1, 0.15) is 12.1 Å². The lowest BCUT2D eigenvalue weighted by molar-refractivity contribution is -0.150. The Hall–Kier alpha value is -2.90. The zero-order valence-electron chi connectivity index (χ0n) is 18.6. The lowest BCUT2D eigenvalue weighted by Crippen LogP contribution is -2.54. The van der Waals surface area contributed by atoms with Gasteiger partial charge in [0, 0.05) is 5.69 Å². The molecule has 2 aliphatic rings.